The van der Waals surface area contributed by atoms with Gasteiger partial charge in [0.1, 0.15) is 0 Å². The summed E-state index contributed by atoms with van der Waals surface area (Å²) in [4.78, 5) is 8.69. The van der Waals surface area contributed by atoms with Gasteiger partial charge in [0.15, 0.2) is 10.9 Å². The molecule has 0 aliphatic heterocycles. The van der Waals surface area contributed by atoms with Gasteiger partial charge in [0, 0.05) is 11.9 Å². The third-order valence-electron chi connectivity index (χ3n) is 2.56. The highest BCUT2D eigenvalue weighted by Crippen LogP contribution is 2.17. The Kier molecular flexibility index (Phi) is 4.08. The molecule has 94 valence electrons. The maximum atomic E-state index is 5.45. The van der Waals surface area contributed by atoms with E-state index in [-0.39, 0.29) is 5.11 Å². The summed E-state index contributed by atoms with van der Waals surface area (Å²) >= 11 is 8.26. The Bertz CT molecular complexity index is 618. The van der Waals surface area contributed by atoms with Crippen LogP contribution in [0.15, 0.2) is 29.3 Å². The average molecular weight is 325 g/mol. The molecule has 0 aliphatic rings. The molecule has 2 N–H and O–H groups in total. The fraction of sp³-hybridized carbons (Fsp3) is 0.250. The second-order valence-electron chi connectivity index (χ2n) is 3.80. The van der Waals surface area contributed by atoms with Crippen molar-refractivity contribution in [1.29, 1.82) is 0 Å². The van der Waals surface area contributed by atoms with Gasteiger partial charge in [-0.3, -0.25) is 0 Å². The van der Waals surface area contributed by atoms with E-state index in [1.165, 1.54) is 0 Å². The van der Waals surface area contributed by atoms with Crippen LogP contribution in [0.2, 0.25) is 0 Å². The molecule has 0 saturated carbocycles. The lowest BCUT2D eigenvalue weighted by atomic mass is 10.3. The third-order valence-corrected chi connectivity index (χ3v) is 3.01. The zero-order chi connectivity index (χ0) is 13.1. The van der Waals surface area contributed by atoms with E-state index in [1.54, 1.807) is 0 Å². The molecule has 2 aromatic rings. The van der Waals surface area contributed by atoms with Crippen molar-refractivity contribution in [2.24, 2.45) is 10.7 Å². The van der Waals surface area contributed by atoms with Crippen molar-refractivity contribution in [3.63, 3.8) is 0 Å². The van der Waals surface area contributed by atoms with Gasteiger partial charge in [-0.1, -0.05) is 28.1 Å². The molecule has 1 heterocycles. The van der Waals surface area contributed by atoms with E-state index in [2.05, 4.69) is 30.5 Å². The zero-order valence-electron chi connectivity index (χ0n) is 9.93. The molecule has 0 atom stereocenters. The monoisotopic (exact) mass is 324 g/mol. The van der Waals surface area contributed by atoms with Gasteiger partial charge < -0.3 is 10.3 Å². The Hall–Kier alpha value is -1.27. The van der Waals surface area contributed by atoms with Crippen molar-refractivity contribution in [3.05, 3.63) is 30.1 Å². The van der Waals surface area contributed by atoms with Crippen molar-refractivity contribution in [2.75, 3.05) is 5.33 Å². The molecule has 0 spiro atoms. The predicted molar refractivity (Wildman–Crippen MR) is 82.5 cm³/mol. The van der Waals surface area contributed by atoms with Gasteiger partial charge >= 0.3 is 0 Å². The minimum atomic E-state index is 0.130. The summed E-state index contributed by atoms with van der Waals surface area (Å²) < 4.78 is 2.11. The predicted octanol–water partition coefficient (Wildman–Crippen LogP) is 2.48. The zero-order valence-corrected chi connectivity index (χ0v) is 12.3. The minimum absolute atomic E-state index is 0.130. The van der Waals surface area contributed by atoms with Crippen molar-refractivity contribution in [2.45, 2.75) is 13.5 Å². The van der Waals surface area contributed by atoms with E-state index in [4.69, 9.17) is 18.0 Å². The van der Waals surface area contributed by atoms with Crippen LogP contribution in [-0.4, -0.2) is 25.7 Å². The number of aromatic nitrogens is 2. The summed E-state index contributed by atoms with van der Waals surface area (Å²) in [5.74, 6) is 0.809. The van der Waals surface area contributed by atoms with Crippen LogP contribution in [-0.2, 0) is 6.54 Å². The first-order chi connectivity index (χ1) is 8.63. The number of fused-ring (bicyclic) bond motifs is 1. The van der Waals surface area contributed by atoms with Gasteiger partial charge in [0.2, 0.25) is 0 Å². The molecule has 0 bridgehead atoms. The molecule has 1 aromatic heterocycles. The van der Waals surface area contributed by atoms with Gasteiger partial charge in [-0.05, 0) is 31.3 Å². The van der Waals surface area contributed by atoms with Crippen molar-refractivity contribution in [1.82, 2.24) is 9.55 Å². The number of aliphatic imine (C=N–C) groups is 1. The maximum Gasteiger partial charge on any atom is 0.190 e. The fourth-order valence-corrected chi connectivity index (χ4v) is 2.37. The number of imidazole rings is 1. The number of rotatable bonds is 3. The average Bonchev–Trinajstić information content (AvgIpc) is 2.68. The van der Waals surface area contributed by atoms with E-state index in [1.807, 2.05) is 31.2 Å². The normalized spacial score (nSPS) is 12.0. The summed E-state index contributed by atoms with van der Waals surface area (Å²) in [6.07, 6.45) is 0. The summed E-state index contributed by atoms with van der Waals surface area (Å²) in [7, 11) is 0. The van der Waals surface area contributed by atoms with Crippen LogP contribution in [0.25, 0.3) is 11.0 Å². The molecule has 4 nitrogen and oxygen atoms in total. The Morgan fingerprint density at radius 2 is 2.22 bits per heavy atom. The smallest absolute Gasteiger partial charge is 0.190 e. The second kappa shape index (κ2) is 5.58. The maximum absolute atomic E-state index is 5.45. The molecular weight excluding hydrogens is 312 g/mol. The number of alkyl halides is 1. The lowest BCUT2D eigenvalue weighted by Gasteiger charge is -2.06. The number of para-hydroxylation sites is 2. The number of hydrogen-bond donors (Lipinski definition) is 1. The number of aryl methyl sites for hydroxylation is 1. The number of thiocarbonyl (C=S) groups is 1. The highest BCUT2D eigenvalue weighted by Gasteiger charge is 2.12. The molecule has 0 fully saturated rings. The first kappa shape index (κ1) is 13.2. The Morgan fingerprint density at radius 1 is 1.50 bits per heavy atom. The lowest BCUT2D eigenvalue weighted by molar-refractivity contribution is 0.790. The molecule has 18 heavy (non-hydrogen) atoms. The minimum Gasteiger partial charge on any atom is -0.374 e. The molecule has 0 radical (unpaired) electrons. The second-order valence-corrected chi connectivity index (χ2v) is 5.01. The highest BCUT2D eigenvalue weighted by atomic mass is 79.9. The van der Waals surface area contributed by atoms with Gasteiger partial charge in [-0.2, -0.15) is 0 Å². The first-order valence-electron chi connectivity index (χ1n) is 5.50. The molecule has 6 heteroatoms. The number of nitrogens with zero attached hydrogens (tertiary/aromatic N) is 3. The number of halogens is 1. The van der Waals surface area contributed by atoms with Gasteiger partial charge in [-0.25, -0.2) is 9.98 Å². The summed E-state index contributed by atoms with van der Waals surface area (Å²) in [5, 5.41) is 0.978. The molecule has 0 aliphatic carbocycles. The topological polar surface area (TPSA) is 56.2 Å². The molecule has 0 unspecified atom stereocenters. The Morgan fingerprint density at radius 3 is 2.89 bits per heavy atom. The molecule has 0 saturated heterocycles. The number of nitrogens with two attached hydrogens (primary N) is 1. The van der Waals surface area contributed by atoms with Crippen LogP contribution in [0.5, 0.6) is 0 Å². The quantitative estimate of drug-likeness (QED) is 0.536. The van der Waals surface area contributed by atoms with Crippen LogP contribution in [0.3, 0.4) is 0 Å². The van der Waals surface area contributed by atoms with Crippen LogP contribution in [0.1, 0.15) is 12.7 Å². The third kappa shape index (κ3) is 2.59. The SMILES string of the molecule is C/C(=N\C(N)=S)c1nc2ccccc2n1CCBr. The van der Waals surface area contributed by atoms with Crippen LogP contribution >= 0.6 is 28.1 Å². The summed E-state index contributed by atoms with van der Waals surface area (Å²) in [6, 6.07) is 8.00. The molecular formula is C12H13BrN4S. The molecule has 2 rings (SSSR count). The van der Waals surface area contributed by atoms with E-state index < -0.39 is 0 Å². The van der Waals surface area contributed by atoms with E-state index in [0.29, 0.717) is 0 Å². The van der Waals surface area contributed by atoms with Crippen molar-refractivity contribution < 1.29 is 0 Å². The van der Waals surface area contributed by atoms with E-state index in [0.717, 1.165) is 34.4 Å². The van der Waals surface area contributed by atoms with Crippen molar-refractivity contribution >= 4 is 50.0 Å². The van der Waals surface area contributed by atoms with Gasteiger partial charge in [-0.15, -0.1) is 0 Å². The number of hydrogen-bond acceptors (Lipinski definition) is 2. The lowest BCUT2D eigenvalue weighted by Crippen LogP contribution is -2.13. The van der Waals surface area contributed by atoms with Crippen LogP contribution in [0.4, 0.5) is 0 Å². The molecule has 0 amide bonds. The van der Waals surface area contributed by atoms with Crippen LogP contribution in [0, 0.1) is 0 Å². The first-order valence-corrected chi connectivity index (χ1v) is 7.02. The Balaban J connectivity index is 2.62. The van der Waals surface area contributed by atoms with Gasteiger partial charge in [0.05, 0.1) is 16.7 Å². The van der Waals surface area contributed by atoms with E-state index in [9.17, 15) is 0 Å². The largest absolute Gasteiger partial charge is 0.374 e. The standard InChI is InChI=1S/C12H13BrN4S/c1-8(15-12(14)18)11-16-9-4-2-3-5-10(9)17(11)7-6-13/h2-5H,6-7H2,1H3,(H2,14,18)/b15-8+. The number of benzene rings is 1. The molecule has 1 aromatic carbocycles. The van der Waals surface area contributed by atoms with E-state index >= 15 is 0 Å². The van der Waals surface area contributed by atoms with Crippen LogP contribution < -0.4 is 5.73 Å². The summed E-state index contributed by atoms with van der Waals surface area (Å²) in [6.45, 7) is 2.69. The summed E-state index contributed by atoms with van der Waals surface area (Å²) in [5.41, 5.74) is 8.22. The Labute approximate surface area is 119 Å². The van der Waals surface area contributed by atoms with Gasteiger partial charge in [0.25, 0.3) is 0 Å². The van der Waals surface area contributed by atoms with Crippen molar-refractivity contribution in [3.8, 4) is 0 Å². The highest BCUT2D eigenvalue weighted by molar-refractivity contribution is 9.09. The fourth-order valence-electron chi connectivity index (χ4n) is 1.88.